The van der Waals surface area contributed by atoms with Gasteiger partial charge in [0.05, 0.1) is 71.4 Å². The molecule has 0 atom stereocenters. The predicted molar refractivity (Wildman–Crippen MR) is 172 cm³/mol. The Balaban J connectivity index is 3.97. The SMILES string of the molecule is C=CCOC(=O)CCN(CCC(=O)OC(C)(C)C)C(=O)CCC(=O)NCCOCCOCCOCCOCCC(=O)NCCS(=O)(=O)O. The van der Waals surface area contributed by atoms with Crippen molar-refractivity contribution in [3.05, 3.63) is 12.7 Å². The minimum atomic E-state index is -4.11. The monoisotopic (exact) mass is 711 g/mol. The molecular weight excluding hydrogens is 658 g/mol. The van der Waals surface area contributed by atoms with Gasteiger partial charge in [-0.25, -0.2) is 0 Å². The molecular formula is C30H53N3O14S. The van der Waals surface area contributed by atoms with Crippen molar-refractivity contribution in [3.63, 3.8) is 0 Å². The molecule has 0 aromatic heterocycles. The third kappa shape index (κ3) is 30.2. The molecule has 0 fully saturated rings. The summed E-state index contributed by atoms with van der Waals surface area (Å²) in [5.74, 6) is -2.66. The van der Waals surface area contributed by atoms with Crippen molar-refractivity contribution >= 4 is 39.8 Å². The van der Waals surface area contributed by atoms with Crippen molar-refractivity contribution in [3.8, 4) is 0 Å². The van der Waals surface area contributed by atoms with Gasteiger partial charge in [-0.1, -0.05) is 12.7 Å². The molecule has 0 heterocycles. The van der Waals surface area contributed by atoms with E-state index in [1.165, 1.54) is 11.0 Å². The Morgan fingerprint density at radius 1 is 0.708 bits per heavy atom. The van der Waals surface area contributed by atoms with Crippen LogP contribution in [-0.2, 0) is 62.5 Å². The first kappa shape index (κ1) is 44.8. The van der Waals surface area contributed by atoms with E-state index in [1.54, 1.807) is 20.8 Å². The van der Waals surface area contributed by atoms with Crippen LogP contribution in [0.15, 0.2) is 12.7 Å². The molecule has 3 amide bonds. The molecule has 0 saturated carbocycles. The van der Waals surface area contributed by atoms with Crippen molar-refractivity contribution in [2.24, 2.45) is 0 Å². The zero-order chi connectivity index (χ0) is 36.3. The number of nitrogens with zero attached hydrogens (tertiary/aromatic N) is 1. The molecule has 0 radical (unpaired) electrons. The summed E-state index contributed by atoms with van der Waals surface area (Å²) < 4.78 is 61.4. The van der Waals surface area contributed by atoms with Gasteiger partial charge in [0.2, 0.25) is 17.7 Å². The van der Waals surface area contributed by atoms with Gasteiger partial charge in [0.15, 0.2) is 0 Å². The number of ether oxygens (including phenoxy) is 6. The van der Waals surface area contributed by atoms with Gasteiger partial charge in [-0.15, -0.1) is 0 Å². The third-order valence-electron chi connectivity index (χ3n) is 5.71. The third-order valence-corrected chi connectivity index (χ3v) is 6.43. The number of amides is 3. The molecule has 48 heavy (non-hydrogen) atoms. The molecule has 278 valence electrons. The number of carbonyl (C=O) groups excluding carboxylic acids is 5. The van der Waals surface area contributed by atoms with E-state index in [0.717, 1.165) is 0 Å². The van der Waals surface area contributed by atoms with Gasteiger partial charge in [-0.05, 0) is 20.8 Å². The number of esters is 2. The number of nitrogens with one attached hydrogen (secondary N) is 2. The summed E-state index contributed by atoms with van der Waals surface area (Å²) >= 11 is 0. The van der Waals surface area contributed by atoms with Crippen LogP contribution in [-0.4, -0.2) is 145 Å². The summed E-state index contributed by atoms with van der Waals surface area (Å²) in [6, 6.07) is 0. The largest absolute Gasteiger partial charge is 0.461 e. The molecule has 0 aliphatic carbocycles. The van der Waals surface area contributed by atoms with Crippen LogP contribution in [0.5, 0.6) is 0 Å². The van der Waals surface area contributed by atoms with Crippen molar-refractivity contribution < 1.29 is 65.4 Å². The highest BCUT2D eigenvalue weighted by molar-refractivity contribution is 7.85. The highest BCUT2D eigenvalue weighted by atomic mass is 32.2. The van der Waals surface area contributed by atoms with Gasteiger partial charge in [0.25, 0.3) is 10.1 Å². The fraction of sp³-hybridized carbons (Fsp3) is 0.767. The van der Waals surface area contributed by atoms with Gasteiger partial charge in [-0.2, -0.15) is 8.42 Å². The van der Waals surface area contributed by atoms with E-state index >= 15 is 0 Å². The van der Waals surface area contributed by atoms with Crippen molar-refractivity contribution in [2.75, 3.05) is 91.4 Å². The fourth-order valence-corrected chi connectivity index (χ4v) is 3.85. The average Bonchev–Trinajstić information content (AvgIpc) is 2.99. The van der Waals surface area contributed by atoms with E-state index in [9.17, 15) is 32.4 Å². The van der Waals surface area contributed by atoms with Crippen LogP contribution in [0.4, 0.5) is 0 Å². The fourth-order valence-electron chi connectivity index (χ4n) is 3.49. The normalized spacial score (nSPS) is 11.4. The molecule has 0 aromatic carbocycles. The molecule has 0 spiro atoms. The first-order valence-electron chi connectivity index (χ1n) is 15.7. The summed E-state index contributed by atoms with van der Waals surface area (Å²) in [7, 11) is -4.11. The Morgan fingerprint density at radius 3 is 1.75 bits per heavy atom. The molecule has 0 aliphatic rings. The molecule has 3 N–H and O–H groups in total. The minimum Gasteiger partial charge on any atom is -0.461 e. The minimum absolute atomic E-state index is 0.0321. The maximum absolute atomic E-state index is 12.8. The van der Waals surface area contributed by atoms with E-state index in [1.807, 2.05) is 0 Å². The molecule has 0 bridgehead atoms. The van der Waals surface area contributed by atoms with Gasteiger partial charge in [0.1, 0.15) is 12.2 Å². The van der Waals surface area contributed by atoms with Gasteiger partial charge in [-0.3, -0.25) is 28.5 Å². The lowest BCUT2D eigenvalue weighted by Crippen LogP contribution is -2.37. The lowest BCUT2D eigenvalue weighted by atomic mass is 10.2. The number of carbonyl (C=O) groups is 5. The van der Waals surface area contributed by atoms with Crippen molar-refractivity contribution in [1.29, 1.82) is 0 Å². The predicted octanol–water partition coefficient (Wildman–Crippen LogP) is 0.0230. The lowest BCUT2D eigenvalue weighted by Gasteiger charge is -2.24. The topological polar surface area (TPSA) is 222 Å². The standard InChI is InChI=1S/C30H53N3O14S/c1-5-15-46-28(37)8-13-33(14-9-29(38)47-30(2,3)4)27(36)7-6-25(34)31-11-17-43-19-21-45-23-22-44-20-18-42-16-10-26(35)32-12-24-48(39,40)41/h5H,1,6-24H2,2-4H3,(H,31,34)(H,32,35)(H,39,40,41). The van der Waals surface area contributed by atoms with Crippen molar-refractivity contribution in [1.82, 2.24) is 15.5 Å². The summed E-state index contributed by atoms with van der Waals surface area (Å²) in [6.45, 7) is 11.1. The molecule has 17 nitrogen and oxygen atoms in total. The first-order valence-corrected chi connectivity index (χ1v) is 17.3. The van der Waals surface area contributed by atoms with E-state index < -0.39 is 33.4 Å². The summed E-state index contributed by atoms with van der Waals surface area (Å²) in [4.78, 5) is 61.8. The Bertz CT molecular complexity index is 1080. The van der Waals surface area contributed by atoms with Gasteiger partial charge in [0, 0.05) is 45.4 Å². The van der Waals surface area contributed by atoms with E-state index in [2.05, 4.69) is 17.2 Å². The zero-order valence-corrected chi connectivity index (χ0v) is 29.1. The summed E-state index contributed by atoms with van der Waals surface area (Å²) in [5.41, 5.74) is -0.671. The van der Waals surface area contributed by atoms with Crippen molar-refractivity contribution in [2.45, 2.75) is 58.5 Å². The van der Waals surface area contributed by atoms with Crippen LogP contribution in [0, 0.1) is 0 Å². The Morgan fingerprint density at radius 2 is 1.21 bits per heavy atom. The molecule has 0 saturated heterocycles. The van der Waals surface area contributed by atoms with Crippen LogP contribution in [0.2, 0.25) is 0 Å². The summed E-state index contributed by atoms with van der Waals surface area (Å²) in [6.07, 6.45) is 1.17. The molecule has 0 unspecified atom stereocenters. The van der Waals surface area contributed by atoms with Crippen LogP contribution >= 0.6 is 0 Å². The smallest absolute Gasteiger partial charge is 0.308 e. The lowest BCUT2D eigenvalue weighted by molar-refractivity contribution is -0.155. The van der Waals surface area contributed by atoms with Gasteiger partial charge < -0.3 is 44.0 Å². The van der Waals surface area contributed by atoms with Crippen LogP contribution in [0.1, 0.15) is 52.9 Å². The zero-order valence-electron chi connectivity index (χ0n) is 28.3. The van der Waals surface area contributed by atoms with E-state index in [-0.39, 0.29) is 102 Å². The second kappa shape index (κ2) is 26.8. The number of rotatable bonds is 29. The summed E-state index contributed by atoms with van der Waals surface area (Å²) in [5, 5.41) is 5.02. The molecule has 0 aliphatic heterocycles. The molecule has 0 rings (SSSR count). The quantitative estimate of drug-likeness (QED) is 0.0403. The molecule has 18 heteroatoms. The second-order valence-corrected chi connectivity index (χ2v) is 12.7. The Kier molecular flexibility index (Phi) is 25.0. The Labute approximate surface area is 283 Å². The highest BCUT2D eigenvalue weighted by Crippen LogP contribution is 2.10. The van der Waals surface area contributed by atoms with E-state index in [0.29, 0.717) is 33.0 Å². The van der Waals surface area contributed by atoms with Gasteiger partial charge >= 0.3 is 11.9 Å². The van der Waals surface area contributed by atoms with Crippen LogP contribution < -0.4 is 10.6 Å². The maximum atomic E-state index is 12.8. The Hall–Kier alpha value is -3.16. The number of hydrogen-bond acceptors (Lipinski definition) is 13. The first-order chi connectivity index (χ1) is 22.6. The van der Waals surface area contributed by atoms with Crippen LogP contribution in [0.3, 0.4) is 0 Å². The average molecular weight is 712 g/mol. The maximum Gasteiger partial charge on any atom is 0.308 e. The highest BCUT2D eigenvalue weighted by Gasteiger charge is 2.21. The van der Waals surface area contributed by atoms with E-state index in [4.69, 9.17) is 33.0 Å². The molecule has 0 aromatic rings. The number of hydrogen-bond donors (Lipinski definition) is 3. The second-order valence-electron chi connectivity index (χ2n) is 11.1. The van der Waals surface area contributed by atoms with Crippen LogP contribution in [0.25, 0.3) is 0 Å².